The van der Waals surface area contributed by atoms with Gasteiger partial charge in [-0.25, -0.2) is 13.1 Å². The SMILES string of the molecule is CC1COc2ccccc2N1C(=O)C(Cl)Cl.CCc1cccc(C)c1N(C(=O)CCl)C(C)COC.CS(=O)(=O)c1cc(C(F)(F)F)ccc1C(=O)c1cnoc1C1CC1.Nc1c([N+](=O)[O-])cnn1-c1c(Cl)cc(C(F)(F)F)cc1Cl.O=C(O)CNCP(=O)(O)O. The number of para-hydroxylation sites is 3. The highest BCUT2D eigenvalue weighted by atomic mass is 35.5. The number of nitrogens with zero attached hydrogens (tertiary/aromatic N) is 6. The predicted octanol–water partition coefficient (Wildman–Crippen LogP) is 11.5. The highest BCUT2D eigenvalue weighted by Gasteiger charge is 2.38. The summed E-state index contributed by atoms with van der Waals surface area (Å²) in [6.45, 7) is 8.46. The van der Waals surface area contributed by atoms with Crippen LogP contribution in [0.2, 0.25) is 10.0 Å². The standard InChI is InChI=1S/C15H22ClNO2.C15H12F3NO4S.C11H11Cl2NO2.C10H5Cl2F3N4O2.C3H8NO5P/c1-5-13-8-6-7-11(2)15(13)17(14(18)9-16)12(3)10-19-4;1-24(21,22)12-6-9(15(16,17)18)4-5-10(12)13(20)11-7-19-23-14(11)8-2-3-8;1-7-6-16-9-5-3-2-4-8(9)14(7)11(15)10(12)13;11-5-1-4(10(13,14)15)2-6(12)8(5)18-9(16)7(3-17-18)19(20)21;5-3(6)1-4-2-10(7,8)9/h6-8,12H,5,9-10H2,1-4H3;4-8H,2-3H2,1H3;2-5,7,10H,6H2,1H3;1-3H,16H2;4H,1-2H2,(H,5,6)(H2,7,8,9). The second kappa shape index (κ2) is 32.6. The highest BCUT2D eigenvalue weighted by molar-refractivity contribution is 7.90. The van der Waals surface area contributed by atoms with Gasteiger partial charge in [0.05, 0.1) is 85.6 Å². The van der Waals surface area contributed by atoms with Crippen LogP contribution in [0.25, 0.3) is 5.69 Å². The zero-order valence-corrected chi connectivity index (χ0v) is 53.6. The zero-order chi connectivity index (χ0) is 68.0. The fraction of sp³-hybridized carbons (Fsp3) is 0.370. The number of halogens is 11. The Kier molecular flexibility index (Phi) is 27.5. The van der Waals surface area contributed by atoms with Gasteiger partial charge >= 0.3 is 31.6 Å². The Morgan fingerprint density at radius 1 is 0.967 bits per heavy atom. The maximum Gasteiger partial charge on any atom is 0.416 e. The van der Waals surface area contributed by atoms with Crippen LogP contribution in [0.4, 0.5) is 49.2 Å². The molecule has 2 aromatic heterocycles. The monoisotopic (exact) mass is 1410 g/mol. The molecule has 0 radical (unpaired) electrons. The average Bonchev–Trinajstić information content (AvgIpc) is 1.38. The number of nitrogens with two attached hydrogens (primary N) is 1. The van der Waals surface area contributed by atoms with Gasteiger partial charge in [0, 0.05) is 24.8 Å². The van der Waals surface area contributed by atoms with Crippen molar-refractivity contribution in [1.82, 2.24) is 20.3 Å². The molecule has 2 unspecified atom stereocenters. The fourth-order valence-corrected chi connectivity index (χ4v) is 10.7. The molecule has 1 saturated carbocycles. The van der Waals surface area contributed by atoms with Crippen molar-refractivity contribution < 1.29 is 92.3 Å². The number of rotatable bonds is 17. The number of carbonyl (C=O) groups is 4. The third-order valence-corrected chi connectivity index (χ3v) is 15.5. The quantitative estimate of drug-likeness (QED) is 0.0141. The number of ketones is 1. The number of carboxylic acids is 1. The Hall–Kier alpha value is -6.57. The first kappa shape index (κ1) is 75.9. The molecule has 2 aliphatic rings. The minimum Gasteiger partial charge on any atom is -0.489 e. The number of carbonyl (C=O) groups excluding carboxylic acids is 3. The molecule has 6 N–H and O–H groups in total. The van der Waals surface area contributed by atoms with E-state index >= 15 is 0 Å². The number of ether oxygens (including phenoxy) is 2. The summed E-state index contributed by atoms with van der Waals surface area (Å²) in [5.41, 5.74) is 6.34. The van der Waals surface area contributed by atoms with Gasteiger partial charge in [-0.1, -0.05) is 88.8 Å². The van der Waals surface area contributed by atoms with Crippen molar-refractivity contribution in [3.8, 4) is 11.4 Å². The smallest absolute Gasteiger partial charge is 0.416 e. The number of nitrogens with one attached hydrogen (secondary N) is 1. The van der Waals surface area contributed by atoms with Crippen molar-refractivity contribution in [1.29, 1.82) is 0 Å². The first-order valence-electron chi connectivity index (χ1n) is 26.0. The van der Waals surface area contributed by atoms with Crippen LogP contribution in [0.15, 0.2) is 94.6 Å². The third-order valence-electron chi connectivity index (χ3n) is 12.5. The van der Waals surface area contributed by atoms with Crippen LogP contribution < -0.4 is 25.6 Å². The number of hydrogen-bond donors (Lipinski definition) is 5. The molecular formula is C54H58Cl5F6N8O15PS. The van der Waals surface area contributed by atoms with Crippen molar-refractivity contribution in [3.63, 3.8) is 0 Å². The first-order chi connectivity index (χ1) is 41.8. The molecule has 2 atom stereocenters. The molecule has 2 amide bonds. The maximum absolute atomic E-state index is 12.8. The van der Waals surface area contributed by atoms with Crippen molar-refractivity contribution in [2.24, 2.45) is 0 Å². The number of amides is 2. The predicted molar refractivity (Wildman–Crippen MR) is 323 cm³/mol. The van der Waals surface area contributed by atoms with Gasteiger partial charge in [-0.2, -0.15) is 31.4 Å². The van der Waals surface area contributed by atoms with E-state index in [1.54, 1.807) is 16.9 Å². The lowest BCUT2D eigenvalue weighted by molar-refractivity contribution is -0.383. The van der Waals surface area contributed by atoms with Crippen LogP contribution >= 0.6 is 65.6 Å². The number of nitro groups is 1. The number of alkyl halides is 9. The summed E-state index contributed by atoms with van der Waals surface area (Å²) in [5.74, 6) is -1.61. The van der Waals surface area contributed by atoms with E-state index in [1.807, 2.05) is 57.2 Å². The number of carboxylic acid groups (broad SMARTS) is 1. The van der Waals surface area contributed by atoms with Crippen LogP contribution in [0.5, 0.6) is 5.75 Å². The molecule has 3 heterocycles. The van der Waals surface area contributed by atoms with E-state index in [-0.39, 0.29) is 62.6 Å². The number of aliphatic carboxylic acids is 1. The molecule has 8 rings (SSSR count). The van der Waals surface area contributed by atoms with E-state index in [4.69, 9.17) is 92.6 Å². The minimum atomic E-state index is -4.71. The molecule has 0 bridgehead atoms. The van der Waals surface area contributed by atoms with Crippen molar-refractivity contribution in [2.75, 3.05) is 60.8 Å². The van der Waals surface area contributed by atoms with Gasteiger partial charge in [0.25, 0.3) is 5.91 Å². The van der Waals surface area contributed by atoms with E-state index in [1.165, 1.54) is 6.20 Å². The summed E-state index contributed by atoms with van der Waals surface area (Å²) in [7, 11) is -6.50. The van der Waals surface area contributed by atoms with Crippen molar-refractivity contribution in [2.45, 2.75) is 87.0 Å². The third kappa shape index (κ3) is 21.0. The Bertz CT molecular complexity index is 3680. The number of methoxy groups -OCH3 is 1. The number of benzene rings is 4. The topological polar surface area (TPSA) is 330 Å². The van der Waals surface area contributed by atoms with E-state index in [2.05, 4.69) is 28.6 Å². The molecule has 0 spiro atoms. The molecular weight excluding hydrogens is 1350 g/mol. The van der Waals surface area contributed by atoms with E-state index in [9.17, 15) is 68.6 Å². The Morgan fingerprint density at radius 3 is 2.08 bits per heavy atom. The molecule has 90 heavy (non-hydrogen) atoms. The second-order valence-corrected chi connectivity index (χ2v) is 25.3. The van der Waals surface area contributed by atoms with Gasteiger partial charge in [-0.3, -0.25) is 39.2 Å². The molecule has 1 aliphatic carbocycles. The molecule has 6 aromatic rings. The number of aryl methyl sites for hydroxylation is 2. The molecule has 1 fully saturated rings. The van der Waals surface area contributed by atoms with Crippen LogP contribution in [-0.2, 0) is 52.3 Å². The molecule has 0 saturated heterocycles. The number of fused-ring (bicyclic) bond motifs is 1. The number of sulfone groups is 1. The normalized spacial score (nSPS) is 14.1. The first-order valence-corrected chi connectivity index (χ1v) is 31.9. The summed E-state index contributed by atoms with van der Waals surface area (Å²) in [6, 6.07) is 16.6. The van der Waals surface area contributed by atoms with Gasteiger partial charge in [0.1, 0.15) is 30.1 Å². The van der Waals surface area contributed by atoms with Crippen LogP contribution in [0.3, 0.4) is 0 Å². The lowest BCUT2D eigenvalue weighted by Crippen LogP contribution is -2.47. The summed E-state index contributed by atoms with van der Waals surface area (Å²) < 4.78 is 127. The van der Waals surface area contributed by atoms with Crippen LogP contribution in [0.1, 0.15) is 83.5 Å². The number of anilines is 3. The fourth-order valence-electron chi connectivity index (χ4n) is 8.37. The van der Waals surface area contributed by atoms with Gasteiger partial charge in [-0.15, -0.1) is 11.6 Å². The zero-order valence-electron chi connectivity index (χ0n) is 48.1. The summed E-state index contributed by atoms with van der Waals surface area (Å²) in [6.07, 6.45) is -4.65. The number of hydrogen-bond acceptors (Lipinski definition) is 16. The highest BCUT2D eigenvalue weighted by Crippen LogP contribution is 2.43. The lowest BCUT2D eigenvalue weighted by Gasteiger charge is -2.35. The number of aromatic nitrogens is 3. The van der Waals surface area contributed by atoms with Gasteiger partial charge in [-0.05, 0) is 93.6 Å². The molecule has 492 valence electrons. The Balaban J connectivity index is 0.000000246. The van der Waals surface area contributed by atoms with Crippen molar-refractivity contribution in [3.05, 3.63) is 144 Å². The van der Waals surface area contributed by atoms with Crippen molar-refractivity contribution >= 4 is 122 Å². The minimum absolute atomic E-state index is 0.0223. The Morgan fingerprint density at radius 2 is 1.58 bits per heavy atom. The van der Waals surface area contributed by atoms with Crippen LogP contribution in [0, 0.1) is 17.0 Å². The summed E-state index contributed by atoms with van der Waals surface area (Å²) in [5, 5.41) is 27.1. The van der Waals surface area contributed by atoms with Gasteiger partial charge < -0.3 is 44.4 Å². The van der Waals surface area contributed by atoms with E-state index < -0.39 is 91.7 Å². The maximum atomic E-state index is 12.8. The lowest BCUT2D eigenvalue weighted by atomic mass is 10.0. The summed E-state index contributed by atoms with van der Waals surface area (Å²) >= 11 is 28.5. The van der Waals surface area contributed by atoms with E-state index in [0.29, 0.717) is 49.0 Å². The number of nitrogen functional groups attached to an aromatic ring is 1. The largest absolute Gasteiger partial charge is 0.489 e. The average molecular weight is 1410 g/mol. The van der Waals surface area contributed by atoms with Gasteiger partial charge in [0.15, 0.2) is 26.2 Å². The molecule has 23 nitrogen and oxygen atoms in total. The van der Waals surface area contributed by atoms with E-state index in [0.717, 1.165) is 65.0 Å². The summed E-state index contributed by atoms with van der Waals surface area (Å²) in [4.78, 5) is 74.4. The van der Waals surface area contributed by atoms with Gasteiger partial charge in [0.2, 0.25) is 11.7 Å². The molecule has 4 aromatic carbocycles. The molecule has 36 heteroatoms. The molecule has 1 aliphatic heterocycles. The second-order valence-electron chi connectivity index (χ2n) is 19.5. The van der Waals surface area contributed by atoms with Crippen LogP contribution in [-0.4, -0.2) is 129 Å². The Labute approximate surface area is 535 Å².